The van der Waals surface area contributed by atoms with E-state index in [0.29, 0.717) is 11.5 Å². The highest BCUT2D eigenvalue weighted by atomic mass is 35.5. The lowest BCUT2D eigenvalue weighted by atomic mass is 10.3. The molecule has 124 valence electrons. The van der Waals surface area contributed by atoms with Crippen molar-refractivity contribution in [2.75, 3.05) is 7.11 Å². The summed E-state index contributed by atoms with van der Waals surface area (Å²) in [7, 11) is 1.53. The van der Waals surface area contributed by atoms with Gasteiger partial charge in [0.05, 0.1) is 7.11 Å². The van der Waals surface area contributed by atoms with Gasteiger partial charge in [0.1, 0.15) is 0 Å². The topological polar surface area (TPSA) is 69.0 Å². The van der Waals surface area contributed by atoms with Crippen LogP contribution < -0.4 is 9.47 Å². The van der Waals surface area contributed by atoms with Crippen LogP contribution in [0.15, 0.2) is 46.5 Å². The predicted octanol–water partition coefficient (Wildman–Crippen LogP) is 4.57. The number of nitrogens with zero attached hydrogens (tertiary/aromatic N) is 4. The van der Waals surface area contributed by atoms with E-state index in [2.05, 4.69) is 26.7 Å². The molecule has 0 saturated heterocycles. The lowest BCUT2D eigenvalue weighted by molar-refractivity contribution is 0.378. The van der Waals surface area contributed by atoms with Gasteiger partial charge in [0, 0.05) is 6.20 Å². The molecule has 0 saturated carbocycles. The molecule has 0 bridgehead atoms. The molecule has 0 aliphatic carbocycles. The zero-order valence-corrected chi connectivity index (χ0v) is 14.5. The molecule has 0 unspecified atom stereocenters. The van der Waals surface area contributed by atoms with Crippen molar-refractivity contribution in [3.05, 3.63) is 52.7 Å². The fourth-order valence-electron chi connectivity index (χ4n) is 1.71. The molecular weight excluding hydrogens is 351 g/mol. The average Bonchev–Trinajstić information content (AvgIpc) is 2.59. The molecule has 8 heteroatoms. The Kier molecular flexibility index (Phi) is 6.28. The Balaban J connectivity index is 2.42. The third-order valence-corrected chi connectivity index (χ3v) is 3.27. The summed E-state index contributed by atoms with van der Waals surface area (Å²) in [5.41, 5.74) is 0. The van der Waals surface area contributed by atoms with Gasteiger partial charge in [0.2, 0.25) is 11.6 Å². The number of benzene rings is 1. The van der Waals surface area contributed by atoms with Crippen molar-refractivity contribution in [3.63, 3.8) is 0 Å². The number of ether oxygens (including phenoxy) is 2. The van der Waals surface area contributed by atoms with Gasteiger partial charge in [-0.25, -0.2) is 20.0 Å². The molecule has 0 amide bonds. The van der Waals surface area contributed by atoms with E-state index in [0.717, 1.165) is 0 Å². The Morgan fingerprint density at radius 1 is 1.17 bits per heavy atom. The zero-order valence-electron chi connectivity index (χ0n) is 13.0. The van der Waals surface area contributed by atoms with Crippen LogP contribution in [0.25, 0.3) is 0 Å². The second kappa shape index (κ2) is 8.42. The minimum Gasteiger partial charge on any atom is -0.493 e. The quantitative estimate of drug-likeness (QED) is 0.442. The van der Waals surface area contributed by atoms with E-state index < -0.39 is 0 Å². The van der Waals surface area contributed by atoms with Gasteiger partial charge in [-0.15, -0.1) is 0 Å². The Bertz CT molecular complexity index is 783. The van der Waals surface area contributed by atoms with E-state index in [1.165, 1.54) is 13.3 Å². The lowest BCUT2D eigenvalue weighted by Crippen LogP contribution is -2.05. The van der Waals surface area contributed by atoms with Crippen molar-refractivity contribution in [1.82, 2.24) is 9.97 Å². The summed E-state index contributed by atoms with van der Waals surface area (Å²) < 4.78 is 10.9. The van der Waals surface area contributed by atoms with Crippen LogP contribution in [0, 0.1) is 0 Å². The molecule has 0 fully saturated rings. The van der Waals surface area contributed by atoms with Crippen LogP contribution >= 0.6 is 23.2 Å². The highest BCUT2D eigenvalue weighted by Crippen LogP contribution is 2.37. The van der Waals surface area contributed by atoms with Gasteiger partial charge in [0.25, 0.3) is 0 Å². The molecule has 1 aromatic heterocycles. The summed E-state index contributed by atoms with van der Waals surface area (Å²) in [6.45, 7) is 5.25. The number of aromatic nitrogens is 2. The molecule has 2 rings (SSSR count). The highest BCUT2D eigenvalue weighted by molar-refractivity contribution is 6.36. The normalized spacial score (nSPS) is 11.6. The minimum atomic E-state index is 0.0211. The van der Waals surface area contributed by atoms with Crippen LogP contribution in [-0.2, 0) is 0 Å². The summed E-state index contributed by atoms with van der Waals surface area (Å²) in [6.07, 6.45) is 3.27. The number of hydrogen-bond acceptors (Lipinski definition) is 5. The molecule has 6 nitrogen and oxygen atoms in total. The van der Waals surface area contributed by atoms with Crippen molar-refractivity contribution >= 4 is 35.8 Å². The zero-order chi connectivity index (χ0) is 17.5. The Morgan fingerprint density at radius 3 is 2.33 bits per heavy atom. The molecule has 1 heterocycles. The first-order chi connectivity index (χ1) is 11.6. The molecule has 1 aromatic carbocycles. The lowest BCUT2D eigenvalue weighted by Gasteiger charge is -2.12. The van der Waals surface area contributed by atoms with Crippen LogP contribution in [0.2, 0.25) is 10.3 Å². The smallest absolute Gasteiger partial charge is 0.202 e. The molecular formula is C16H14Cl2N4O2. The summed E-state index contributed by atoms with van der Waals surface area (Å²) in [5, 5.41) is 0.0421. The number of rotatable bonds is 5. The van der Waals surface area contributed by atoms with Crippen LogP contribution in [0.3, 0.4) is 0 Å². The Labute approximate surface area is 149 Å². The number of halogens is 2. The molecule has 0 atom stereocenters. The first kappa shape index (κ1) is 17.9. The third kappa shape index (κ3) is 4.10. The molecule has 2 aromatic rings. The van der Waals surface area contributed by atoms with Gasteiger partial charge in [0.15, 0.2) is 27.6 Å². The maximum atomic E-state index is 6.18. The first-order valence-electron chi connectivity index (χ1n) is 6.80. The van der Waals surface area contributed by atoms with Gasteiger partial charge in [-0.05, 0) is 25.8 Å². The fourth-order valence-corrected chi connectivity index (χ4v) is 2.17. The average molecular weight is 365 g/mol. The van der Waals surface area contributed by atoms with Crippen molar-refractivity contribution in [3.8, 4) is 17.2 Å². The van der Waals surface area contributed by atoms with Gasteiger partial charge in [-0.1, -0.05) is 41.4 Å². The van der Waals surface area contributed by atoms with E-state index in [-0.39, 0.29) is 27.7 Å². The van der Waals surface area contributed by atoms with Gasteiger partial charge >= 0.3 is 0 Å². The van der Waals surface area contributed by atoms with E-state index in [9.17, 15) is 0 Å². The first-order valence-corrected chi connectivity index (χ1v) is 7.56. The highest BCUT2D eigenvalue weighted by Gasteiger charge is 2.18. The number of allylic oxidation sites excluding steroid dienone is 1. The van der Waals surface area contributed by atoms with Crippen LogP contribution in [0.1, 0.15) is 12.7 Å². The SMILES string of the molecule is C=NC(=NC=CC)c1nc(Cl)c(Oc2ccccc2OC)c(Cl)n1. The largest absolute Gasteiger partial charge is 0.493 e. The van der Waals surface area contributed by atoms with Crippen LogP contribution in [0.5, 0.6) is 17.2 Å². The number of aliphatic imine (C=N–C) groups is 2. The van der Waals surface area contributed by atoms with Crippen molar-refractivity contribution in [2.45, 2.75) is 6.92 Å². The van der Waals surface area contributed by atoms with E-state index in [4.69, 9.17) is 32.7 Å². The fraction of sp³-hybridized carbons (Fsp3) is 0.125. The standard InChI is InChI=1S/C16H14Cl2N4O2/c1-4-9-20-15(19-2)16-21-13(17)12(14(18)22-16)24-11-8-6-5-7-10(11)23-3/h4-9H,2H2,1,3H3. The van der Waals surface area contributed by atoms with Gasteiger partial charge in [-0.2, -0.15) is 0 Å². The van der Waals surface area contributed by atoms with Crippen LogP contribution in [-0.4, -0.2) is 29.6 Å². The van der Waals surface area contributed by atoms with E-state index in [1.54, 1.807) is 24.3 Å². The molecule has 0 aliphatic heterocycles. The second-order valence-corrected chi connectivity index (χ2v) is 5.02. The molecule has 0 radical (unpaired) electrons. The molecule has 0 N–H and O–H groups in total. The maximum Gasteiger partial charge on any atom is 0.202 e. The van der Waals surface area contributed by atoms with E-state index in [1.807, 2.05) is 13.0 Å². The Hall–Kier alpha value is -2.44. The van der Waals surface area contributed by atoms with Crippen molar-refractivity contribution in [2.24, 2.45) is 9.98 Å². The van der Waals surface area contributed by atoms with Gasteiger partial charge in [-0.3, -0.25) is 0 Å². The summed E-state index contributed by atoms with van der Waals surface area (Å²) in [5.74, 6) is 1.41. The Morgan fingerprint density at radius 2 is 1.79 bits per heavy atom. The van der Waals surface area contributed by atoms with Crippen molar-refractivity contribution in [1.29, 1.82) is 0 Å². The van der Waals surface area contributed by atoms with Crippen molar-refractivity contribution < 1.29 is 9.47 Å². The number of hydrogen-bond donors (Lipinski definition) is 0. The molecule has 24 heavy (non-hydrogen) atoms. The maximum absolute atomic E-state index is 6.18. The minimum absolute atomic E-state index is 0.0211. The molecule has 0 aliphatic rings. The molecule has 0 spiro atoms. The summed E-state index contributed by atoms with van der Waals surface area (Å²) in [6, 6.07) is 7.06. The third-order valence-electron chi connectivity index (χ3n) is 2.76. The van der Waals surface area contributed by atoms with Gasteiger partial charge < -0.3 is 9.47 Å². The predicted molar refractivity (Wildman–Crippen MR) is 96.0 cm³/mol. The number of methoxy groups -OCH3 is 1. The summed E-state index contributed by atoms with van der Waals surface area (Å²) in [4.78, 5) is 16.1. The summed E-state index contributed by atoms with van der Waals surface area (Å²) >= 11 is 12.4. The number of amidine groups is 1. The van der Waals surface area contributed by atoms with E-state index >= 15 is 0 Å². The number of para-hydroxylation sites is 2. The monoisotopic (exact) mass is 364 g/mol. The van der Waals surface area contributed by atoms with Crippen LogP contribution in [0.4, 0.5) is 0 Å². The second-order valence-electron chi connectivity index (χ2n) is 4.30.